The lowest BCUT2D eigenvalue weighted by atomic mass is 10.1. The molecule has 3 N–H and O–H groups in total. The zero-order valence-corrected chi connectivity index (χ0v) is 14.0. The summed E-state index contributed by atoms with van der Waals surface area (Å²) in [5.41, 5.74) is 11.5. The van der Waals surface area contributed by atoms with Gasteiger partial charge in [0.2, 0.25) is 0 Å². The molecule has 4 nitrogen and oxygen atoms in total. The fraction of sp³-hybridized carbons (Fsp3) is 0.368. The van der Waals surface area contributed by atoms with Crippen LogP contribution in [0.3, 0.4) is 0 Å². The fourth-order valence-electron chi connectivity index (χ4n) is 2.96. The van der Waals surface area contributed by atoms with Gasteiger partial charge in [0.1, 0.15) is 0 Å². The van der Waals surface area contributed by atoms with Crippen LogP contribution >= 0.6 is 0 Å². The van der Waals surface area contributed by atoms with E-state index in [1.54, 1.807) is 0 Å². The Kier molecular flexibility index (Phi) is 4.84. The second-order valence-corrected chi connectivity index (χ2v) is 6.50. The van der Waals surface area contributed by atoms with Crippen LogP contribution < -0.4 is 11.1 Å². The zero-order valence-electron chi connectivity index (χ0n) is 14.0. The van der Waals surface area contributed by atoms with E-state index in [1.807, 2.05) is 12.1 Å². The summed E-state index contributed by atoms with van der Waals surface area (Å²) in [4.78, 5) is 4.90. The van der Waals surface area contributed by atoms with Crippen LogP contribution in [0.15, 0.2) is 42.5 Å². The van der Waals surface area contributed by atoms with Crippen LogP contribution in [0.1, 0.15) is 11.1 Å². The maximum absolute atomic E-state index is 6.09. The van der Waals surface area contributed by atoms with E-state index in [9.17, 15) is 0 Å². The van der Waals surface area contributed by atoms with Crippen molar-refractivity contribution in [2.75, 3.05) is 44.3 Å². The van der Waals surface area contributed by atoms with E-state index in [0.29, 0.717) is 0 Å². The topological polar surface area (TPSA) is 44.5 Å². The molecule has 0 amide bonds. The summed E-state index contributed by atoms with van der Waals surface area (Å²) in [5.74, 6) is 0. The number of nitrogens with two attached hydrogens (primary N) is 1. The molecule has 1 saturated heterocycles. The second-order valence-electron chi connectivity index (χ2n) is 6.50. The minimum atomic E-state index is 0.787. The van der Waals surface area contributed by atoms with Crippen LogP contribution in [0.5, 0.6) is 0 Å². The molecular formula is C19H26N4. The van der Waals surface area contributed by atoms with Crippen LogP contribution in [-0.4, -0.2) is 43.0 Å². The van der Waals surface area contributed by atoms with E-state index < -0.39 is 0 Å². The highest BCUT2D eigenvalue weighted by molar-refractivity contribution is 5.73. The number of nitrogens with one attached hydrogen (secondary N) is 1. The van der Waals surface area contributed by atoms with Crippen molar-refractivity contribution in [1.29, 1.82) is 0 Å². The van der Waals surface area contributed by atoms with Crippen LogP contribution in [0.25, 0.3) is 0 Å². The van der Waals surface area contributed by atoms with Gasteiger partial charge in [-0.1, -0.05) is 18.2 Å². The molecule has 1 fully saturated rings. The lowest BCUT2D eigenvalue weighted by molar-refractivity contribution is 0.148. The molecular weight excluding hydrogens is 284 g/mol. The van der Waals surface area contributed by atoms with Crippen LogP contribution in [-0.2, 0) is 6.54 Å². The van der Waals surface area contributed by atoms with Gasteiger partial charge in [0, 0.05) is 38.4 Å². The molecule has 0 aliphatic carbocycles. The third-order valence-corrected chi connectivity index (χ3v) is 4.42. The first-order valence-corrected chi connectivity index (χ1v) is 8.23. The molecule has 1 aliphatic rings. The molecule has 0 saturated carbocycles. The van der Waals surface area contributed by atoms with Crippen molar-refractivity contribution in [3.8, 4) is 0 Å². The summed E-state index contributed by atoms with van der Waals surface area (Å²) in [5, 5.41) is 3.43. The van der Waals surface area contributed by atoms with E-state index in [2.05, 4.69) is 59.4 Å². The largest absolute Gasteiger partial charge is 0.397 e. The predicted molar refractivity (Wildman–Crippen MR) is 98.1 cm³/mol. The Morgan fingerprint density at radius 3 is 2.57 bits per heavy atom. The number of nitrogen functional groups attached to an aromatic ring is 1. The number of hydrogen-bond acceptors (Lipinski definition) is 4. The molecule has 122 valence electrons. The van der Waals surface area contributed by atoms with Crippen molar-refractivity contribution in [1.82, 2.24) is 9.80 Å². The molecule has 2 aromatic rings. The molecule has 0 bridgehead atoms. The summed E-state index contributed by atoms with van der Waals surface area (Å²) in [6.07, 6.45) is 0. The number of likely N-dealkylation sites (N-methyl/N-ethyl adjacent to an activating group) is 1. The number of aryl methyl sites for hydroxylation is 1. The van der Waals surface area contributed by atoms with Gasteiger partial charge in [-0.15, -0.1) is 0 Å². The van der Waals surface area contributed by atoms with E-state index in [4.69, 9.17) is 5.73 Å². The van der Waals surface area contributed by atoms with Gasteiger partial charge in [0.15, 0.2) is 0 Å². The Labute approximate surface area is 138 Å². The van der Waals surface area contributed by atoms with E-state index in [0.717, 1.165) is 49.8 Å². The van der Waals surface area contributed by atoms with Crippen molar-refractivity contribution in [3.05, 3.63) is 53.6 Å². The molecule has 2 aromatic carbocycles. The third-order valence-electron chi connectivity index (χ3n) is 4.42. The van der Waals surface area contributed by atoms with E-state index in [-0.39, 0.29) is 0 Å². The summed E-state index contributed by atoms with van der Waals surface area (Å²) >= 11 is 0. The van der Waals surface area contributed by atoms with Gasteiger partial charge in [-0.2, -0.15) is 0 Å². The minimum absolute atomic E-state index is 0.787. The Balaban J connectivity index is 1.67. The first kappa shape index (κ1) is 15.8. The molecule has 1 aliphatic heterocycles. The summed E-state index contributed by atoms with van der Waals surface area (Å²) in [7, 11) is 2.19. The van der Waals surface area contributed by atoms with Gasteiger partial charge in [-0.05, 0) is 49.4 Å². The van der Waals surface area contributed by atoms with Crippen molar-refractivity contribution < 1.29 is 0 Å². The number of nitrogens with zero attached hydrogens (tertiary/aromatic N) is 2. The van der Waals surface area contributed by atoms with Gasteiger partial charge in [-0.3, -0.25) is 4.90 Å². The normalized spacial score (nSPS) is 16.4. The van der Waals surface area contributed by atoms with Gasteiger partial charge in [0.05, 0.1) is 11.4 Å². The predicted octanol–water partition coefficient (Wildman–Crippen LogP) is 3.07. The highest BCUT2D eigenvalue weighted by Gasteiger charge is 2.13. The molecule has 0 radical (unpaired) electrons. The molecule has 1 heterocycles. The van der Waals surface area contributed by atoms with Crippen LogP contribution in [0.2, 0.25) is 0 Å². The lowest BCUT2D eigenvalue weighted by Gasteiger charge is -2.32. The average molecular weight is 310 g/mol. The van der Waals surface area contributed by atoms with Crippen molar-refractivity contribution in [3.63, 3.8) is 0 Å². The number of anilines is 3. The number of hydrogen-bond donors (Lipinski definition) is 2. The Morgan fingerprint density at radius 1 is 1.04 bits per heavy atom. The van der Waals surface area contributed by atoms with Crippen LogP contribution in [0.4, 0.5) is 17.1 Å². The highest BCUT2D eigenvalue weighted by atomic mass is 15.2. The number of piperazine rings is 1. The summed E-state index contributed by atoms with van der Waals surface area (Å²) < 4.78 is 0. The minimum Gasteiger partial charge on any atom is -0.397 e. The quantitative estimate of drug-likeness (QED) is 0.852. The van der Waals surface area contributed by atoms with Gasteiger partial charge >= 0.3 is 0 Å². The maximum Gasteiger partial charge on any atom is 0.0618 e. The Hall–Kier alpha value is -2.04. The van der Waals surface area contributed by atoms with Gasteiger partial charge in [0.25, 0.3) is 0 Å². The molecule has 3 rings (SSSR count). The SMILES string of the molecule is Cc1ccc(Nc2cccc(CN3CCN(C)CC3)c2)c(N)c1. The number of benzene rings is 2. The standard InChI is InChI=1S/C19H26N4/c1-15-6-7-19(18(20)12-15)21-17-5-3-4-16(13-17)14-23-10-8-22(2)9-11-23/h3-7,12-13,21H,8-11,14,20H2,1-2H3. The van der Waals surface area contributed by atoms with Crippen molar-refractivity contribution in [2.24, 2.45) is 0 Å². The maximum atomic E-state index is 6.09. The molecule has 0 unspecified atom stereocenters. The van der Waals surface area contributed by atoms with Crippen molar-refractivity contribution >= 4 is 17.1 Å². The summed E-state index contributed by atoms with van der Waals surface area (Å²) in [6.45, 7) is 7.64. The van der Waals surface area contributed by atoms with E-state index in [1.165, 1.54) is 11.1 Å². The molecule has 0 atom stereocenters. The number of rotatable bonds is 4. The first-order valence-electron chi connectivity index (χ1n) is 8.23. The first-order chi connectivity index (χ1) is 11.1. The van der Waals surface area contributed by atoms with E-state index >= 15 is 0 Å². The Bertz CT molecular complexity index is 660. The zero-order chi connectivity index (χ0) is 16.2. The third kappa shape index (κ3) is 4.24. The molecule has 0 spiro atoms. The second kappa shape index (κ2) is 7.02. The average Bonchev–Trinajstić information content (AvgIpc) is 2.53. The molecule has 4 heteroatoms. The molecule has 23 heavy (non-hydrogen) atoms. The lowest BCUT2D eigenvalue weighted by Crippen LogP contribution is -2.43. The Morgan fingerprint density at radius 2 is 1.83 bits per heavy atom. The summed E-state index contributed by atoms with van der Waals surface area (Å²) in [6, 6.07) is 14.7. The van der Waals surface area contributed by atoms with Gasteiger partial charge < -0.3 is 16.0 Å². The smallest absolute Gasteiger partial charge is 0.0618 e. The highest BCUT2D eigenvalue weighted by Crippen LogP contribution is 2.24. The van der Waals surface area contributed by atoms with Crippen molar-refractivity contribution in [2.45, 2.75) is 13.5 Å². The van der Waals surface area contributed by atoms with Gasteiger partial charge in [-0.25, -0.2) is 0 Å². The molecule has 0 aromatic heterocycles. The van der Waals surface area contributed by atoms with Crippen LogP contribution in [0, 0.1) is 6.92 Å². The fourth-order valence-corrected chi connectivity index (χ4v) is 2.96. The monoisotopic (exact) mass is 310 g/mol.